The van der Waals surface area contributed by atoms with Crippen molar-refractivity contribution in [3.8, 4) is 5.75 Å². The van der Waals surface area contributed by atoms with Gasteiger partial charge in [-0.15, -0.1) is 0 Å². The van der Waals surface area contributed by atoms with Crippen molar-refractivity contribution in [1.82, 2.24) is 0 Å². The zero-order valence-electron chi connectivity index (χ0n) is 12.3. The number of aryl methyl sites for hydroxylation is 1. The Morgan fingerprint density at radius 1 is 1.00 bits per heavy atom. The summed E-state index contributed by atoms with van der Waals surface area (Å²) in [5.74, 6) is 0.460. The molecule has 2 aromatic carbocycles. The van der Waals surface area contributed by atoms with Crippen molar-refractivity contribution >= 4 is 11.8 Å². The van der Waals surface area contributed by atoms with Crippen LogP contribution in [-0.4, -0.2) is 12.7 Å². The van der Waals surface area contributed by atoms with Crippen LogP contribution in [-0.2, 0) is 11.3 Å². The number of para-hydroxylation sites is 2. The van der Waals surface area contributed by atoms with Crippen molar-refractivity contribution in [3.05, 3.63) is 60.2 Å². The fraction of sp³-hybridized carbons (Fsp3) is 0.235. The molecule has 0 radical (unpaired) electrons. The van der Waals surface area contributed by atoms with Gasteiger partial charge in [0.1, 0.15) is 5.75 Å². The highest BCUT2D eigenvalue weighted by Crippen LogP contribution is 2.21. The summed E-state index contributed by atoms with van der Waals surface area (Å²) in [6, 6.07) is 16.7. The standard InChI is InChI=1S/C17H19NO3/c1-3-14-10-8-9-13-16(14)18(4-2)21-17(19)20-15-11-6-5-7-12-15/h5-13H,3-4H2,1-2H3. The number of benzene rings is 2. The van der Waals surface area contributed by atoms with Crippen LogP contribution in [0.2, 0.25) is 0 Å². The minimum absolute atomic E-state index is 0.460. The maximum absolute atomic E-state index is 11.9. The highest BCUT2D eigenvalue weighted by atomic mass is 16.8. The Hall–Kier alpha value is -2.49. The summed E-state index contributed by atoms with van der Waals surface area (Å²) in [4.78, 5) is 17.2. The summed E-state index contributed by atoms with van der Waals surface area (Å²) in [6.45, 7) is 4.53. The van der Waals surface area contributed by atoms with E-state index in [1.165, 1.54) is 0 Å². The molecule has 0 amide bonds. The lowest BCUT2D eigenvalue weighted by molar-refractivity contribution is 0.0885. The van der Waals surface area contributed by atoms with Gasteiger partial charge in [-0.05, 0) is 37.1 Å². The van der Waals surface area contributed by atoms with E-state index in [0.717, 1.165) is 17.7 Å². The number of hydrogen-bond donors (Lipinski definition) is 0. The van der Waals surface area contributed by atoms with Crippen LogP contribution in [0.4, 0.5) is 10.5 Å². The number of carbonyl (C=O) groups is 1. The number of hydrogen-bond acceptors (Lipinski definition) is 4. The van der Waals surface area contributed by atoms with Crippen molar-refractivity contribution in [2.75, 3.05) is 11.6 Å². The minimum Gasteiger partial charge on any atom is -0.393 e. The van der Waals surface area contributed by atoms with Gasteiger partial charge in [0.25, 0.3) is 0 Å². The summed E-state index contributed by atoms with van der Waals surface area (Å²) in [5.41, 5.74) is 2.00. The van der Waals surface area contributed by atoms with E-state index in [4.69, 9.17) is 9.57 Å². The number of rotatable bonds is 5. The van der Waals surface area contributed by atoms with Crippen LogP contribution in [0.1, 0.15) is 19.4 Å². The summed E-state index contributed by atoms with van der Waals surface area (Å²) < 4.78 is 5.14. The smallest absolute Gasteiger partial charge is 0.393 e. The number of nitrogens with zero attached hydrogens (tertiary/aromatic N) is 1. The van der Waals surface area contributed by atoms with E-state index in [-0.39, 0.29) is 0 Å². The average Bonchev–Trinajstić information content (AvgIpc) is 2.53. The second-order valence-electron chi connectivity index (χ2n) is 4.43. The van der Waals surface area contributed by atoms with Crippen LogP contribution in [0.15, 0.2) is 54.6 Å². The molecule has 0 spiro atoms. The van der Waals surface area contributed by atoms with Crippen LogP contribution >= 0.6 is 0 Å². The lowest BCUT2D eigenvalue weighted by atomic mass is 10.1. The predicted octanol–water partition coefficient (Wildman–Crippen LogP) is 4.21. The van der Waals surface area contributed by atoms with Crippen LogP contribution in [0, 0.1) is 0 Å². The van der Waals surface area contributed by atoms with Crippen LogP contribution in [0.5, 0.6) is 5.75 Å². The van der Waals surface area contributed by atoms with Crippen molar-refractivity contribution in [3.63, 3.8) is 0 Å². The van der Waals surface area contributed by atoms with Gasteiger partial charge < -0.3 is 9.57 Å². The van der Waals surface area contributed by atoms with Gasteiger partial charge in [-0.3, -0.25) is 0 Å². The zero-order valence-corrected chi connectivity index (χ0v) is 12.3. The van der Waals surface area contributed by atoms with E-state index in [2.05, 4.69) is 6.92 Å². The molecule has 0 aliphatic heterocycles. The molecular formula is C17H19NO3. The van der Waals surface area contributed by atoms with E-state index in [9.17, 15) is 4.79 Å². The molecule has 0 heterocycles. The average molecular weight is 285 g/mol. The predicted molar refractivity (Wildman–Crippen MR) is 82.4 cm³/mol. The molecule has 0 bridgehead atoms. The second-order valence-corrected chi connectivity index (χ2v) is 4.43. The van der Waals surface area contributed by atoms with E-state index in [1.807, 2.05) is 37.3 Å². The molecular weight excluding hydrogens is 266 g/mol. The monoisotopic (exact) mass is 285 g/mol. The molecule has 2 aromatic rings. The first-order valence-electron chi connectivity index (χ1n) is 7.04. The second kappa shape index (κ2) is 7.33. The van der Waals surface area contributed by atoms with Crippen LogP contribution in [0.25, 0.3) is 0 Å². The maximum Gasteiger partial charge on any atom is 0.539 e. The molecule has 0 aromatic heterocycles. The van der Waals surface area contributed by atoms with Gasteiger partial charge >= 0.3 is 6.16 Å². The Morgan fingerprint density at radius 3 is 2.33 bits per heavy atom. The maximum atomic E-state index is 11.9. The third kappa shape index (κ3) is 3.99. The SMILES string of the molecule is CCc1ccccc1N(CC)OC(=O)Oc1ccccc1. The molecule has 4 heteroatoms. The highest BCUT2D eigenvalue weighted by molar-refractivity contribution is 5.66. The quantitative estimate of drug-likeness (QED) is 0.469. The highest BCUT2D eigenvalue weighted by Gasteiger charge is 2.15. The Morgan fingerprint density at radius 2 is 1.67 bits per heavy atom. The molecule has 0 saturated heterocycles. The van der Waals surface area contributed by atoms with Crippen molar-refractivity contribution < 1.29 is 14.4 Å². The molecule has 0 unspecified atom stereocenters. The summed E-state index contributed by atoms with van der Waals surface area (Å²) in [6.07, 6.45) is 0.123. The Labute approximate surface area is 124 Å². The molecule has 0 aliphatic carbocycles. The third-order valence-corrected chi connectivity index (χ3v) is 3.06. The fourth-order valence-corrected chi connectivity index (χ4v) is 2.03. The number of anilines is 1. The first-order valence-corrected chi connectivity index (χ1v) is 7.04. The number of ether oxygens (including phenoxy) is 1. The molecule has 2 rings (SSSR count). The van der Waals surface area contributed by atoms with Crippen molar-refractivity contribution in [2.24, 2.45) is 0 Å². The first kappa shape index (κ1) is 14.9. The normalized spacial score (nSPS) is 10.0. The van der Waals surface area contributed by atoms with Crippen molar-refractivity contribution in [2.45, 2.75) is 20.3 Å². The number of hydroxylamine groups is 1. The van der Waals surface area contributed by atoms with Gasteiger partial charge in [-0.2, -0.15) is 0 Å². The van der Waals surface area contributed by atoms with E-state index in [0.29, 0.717) is 12.3 Å². The fourth-order valence-electron chi connectivity index (χ4n) is 2.03. The van der Waals surface area contributed by atoms with Gasteiger partial charge in [0.2, 0.25) is 0 Å². The van der Waals surface area contributed by atoms with Gasteiger partial charge in [-0.1, -0.05) is 43.3 Å². The van der Waals surface area contributed by atoms with Gasteiger partial charge in [0, 0.05) is 0 Å². The Balaban J connectivity index is 2.07. The molecule has 0 saturated carbocycles. The van der Waals surface area contributed by atoms with Gasteiger partial charge in [0.05, 0.1) is 12.2 Å². The molecule has 110 valence electrons. The Bertz CT molecular complexity index is 584. The van der Waals surface area contributed by atoms with Crippen molar-refractivity contribution in [1.29, 1.82) is 0 Å². The van der Waals surface area contributed by atoms with E-state index in [1.54, 1.807) is 29.3 Å². The first-order chi connectivity index (χ1) is 10.2. The molecule has 0 N–H and O–H groups in total. The third-order valence-electron chi connectivity index (χ3n) is 3.06. The topological polar surface area (TPSA) is 38.8 Å². The minimum atomic E-state index is -0.742. The lowest BCUT2D eigenvalue weighted by Gasteiger charge is -2.23. The molecule has 21 heavy (non-hydrogen) atoms. The molecule has 0 atom stereocenters. The number of carbonyl (C=O) groups excluding carboxylic acids is 1. The van der Waals surface area contributed by atoms with E-state index >= 15 is 0 Å². The van der Waals surface area contributed by atoms with Crippen LogP contribution < -0.4 is 9.80 Å². The lowest BCUT2D eigenvalue weighted by Crippen LogP contribution is -2.29. The summed E-state index contributed by atoms with van der Waals surface area (Å²) in [5, 5.41) is 1.55. The zero-order chi connectivity index (χ0) is 15.1. The molecule has 4 nitrogen and oxygen atoms in total. The summed E-state index contributed by atoms with van der Waals surface area (Å²) >= 11 is 0. The largest absolute Gasteiger partial charge is 0.539 e. The van der Waals surface area contributed by atoms with E-state index < -0.39 is 6.16 Å². The van der Waals surface area contributed by atoms with Gasteiger partial charge in [-0.25, -0.2) is 9.86 Å². The Kier molecular flexibility index (Phi) is 5.21. The molecule has 0 fully saturated rings. The van der Waals surface area contributed by atoms with Gasteiger partial charge in [0.15, 0.2) is 0 Å². The molecule has 0 aliphatic rings. The van der Waals surface area contributed by atoms with Crippen LogP contribution in [0.3, 0.4) is 0 Å². The summed E-state index contributed by atoms with van der Waals surface area (Å²) in [7, 11) is 0.